The highest BCUT2D eigenvalue weighted by Gasteiger charge is 2.01. The molecular weight excluding hydrogens is 212 g/mol. The highest BCUT2D eigenvalue weighted by Crippen LogP contribution is 1.98. The lowest BCUT2D eigenvalue weighted by Gasteiger charge is -2.13. The maximum absolute atomic E-state index is 5.21. The minimum Gasteiger partial charge on any atom is -0.353 e. The SMILES string of the molecule is CC.CC.CC(C)C.CCOC(CC)OCC. The predicted octanol–water partition coefficient (Wildman–Crippen LogP) is 5.51. The van der Waals surface area contributed by atoms with Gasteiger partial charge in [0.05, 0.1) is 0 Å². The van der Waals surface area contributed by atoms with E-state index in [1.165, 1.54) is 0 Å². The third-order valence-electron chi connectivity index (χ3n) is 1.04. The van der Waals surface area contributed by atoms with Gasteiger partial charge in [-0.05, 0) is 26.2 Å². The van der Waals surface area contributed by atoms with Crippen LogP contribution in [0.1, 0.15) is 75.7 Å². The molecule has 0 aromatic heterocycles. The standard InChI is InChI=1S/C7H16O2.C4H10.2C2H6/c1-4-7(8-5-2)9-6-3;1-4(2)3;2*1-2/h7H,4-6H2,1-3H3;4H,1-3H3;2*1-2H3. The number of hydrogen-bond donors (Lipinski definition) is 0. The van der Waals surface area contributed by atoms with Gasteiger partial charge in [0.1, 0.15) is 0 Å². The number of ether oxygens (including phenoxy) is 2. The molecule has 0 aromatic rings. The van der Waals surface area contributed by atoms with Crippen LogP contribution in [0.2, 0.25) is 0 Å². The van der Waals surface area contributed by atoms with Crippen LogP contribution in [-0.4, -0.2) is 19.5 Å². The van der Waals surface area contributed by atoms with Gasteiger partial charge in [0.25, 0.3) is 0 Å². The summed E-state index contributed by atoms with van der Waals surface area (Å²) in [6.07, 6.45) is 0.946. The van der Waals surface area contributed by atoms with Gasteiger partial charge < -0.3 is 9.47 Å². The van der Waals surface area contributed by atoms with Gasteiger partial charge in [-0.15, -0.1) is 0 Å². The maximum atomic E-state index is 5.21. The van der Waals surface area contributed by atoms with Crippen LogP contribution in [0.25, 0.3) is 0 Å². The molecule has 0 aliphatic rings. The van der Waals surface area contributed by atoms with Crippen molar-refractivity contribution in [1.82, 2.24) is 0 Å². The molecular formula is C15H38O2. The van der Waals surface area contributed by atoms with Gasteiger partial charge in [-0.25, -0.2) is 0 Å². The molecule has 0 spiro atoms. The van der Waals surface area contributed by atoms with Crippen LogP contribution in [0.3, 0.4) is 0 Å². The summed E-state index contributed by atoms with van der Waals surface area (Å²) < 4.78 is 10.4. The van der Waals surface area contributed by atoms with Crippen molar-refractivity contribution in [2.24, 2.45) is 5.92 Å². The highest BCUT2D eigenvalue weighted by atomic mass is 16.7. The molecule has 0 N–H and O–H groups in total. The van der Waals surface area contributed by atoms with E-state index in [4.69, 9.17) is 9.47 Å². The summed E-state index contributed by atoms with van der Waals surface area (Å²) in [5.41, 5.74) is 0. The highest BCUT2D eigenvalue weighted by molar-refractivity contribution is 4.36. The summed E-state index contributed by atoms with van der Waals surface area (Å²) in [6, 6.07) is 0. The average Bonchev–Trinajstić information content (AvgIpc) is 2.33. The molecule has 0 fully saturated rings. The van der Waals surface area contributed by atoms with E-state index in [0.717, 1.165) is 25.6 Å². The van der Waals surface area contributed by atoms with Crippen molar-refractivity contribution in [3.63, 3.8) is 0 Å². The summed E-state index contributed by atoms with van der Waals surface area (Å²) in [4.78, 5) is 0. The first-order chi connectivity index (χ1) is 8.08. The predicted molar refractivity (Wildman–Crippen MR) is 80.5 cm³/mol. The fourth-order valence-corrected chi connectivity index (χ4v) is 0.656. The Morgan fingerprint density at radius 1 is 0.706 bits per heavy atom. The van der Waals surface area contributed by atoms with E-state index in [2.05, 4.69) is 27.7 Å². The molecule has 0 amide bonds. The lowest BCUT2D eigenvalue weighted by Crippen LogP contribution is -2.15. The van der Waals surface area contributed by atoms with E-state index < -0.39 is 0 Å². The molecule has 0 aliphatic carbocycles. The van der Waals surface area contributed by atoms with Crippen LogP contribution in [0.5, 0.6) is 0 Å². The average molecular weight is 250 g/mol. The van der Waals surface area contributed by atoms with E-state index in [9.17, 15) is 0 Å². The molecule has 0 heterocycles. The zero-order valence-electron chi connectivity index (χ0n) is 14.1. The second-order valence-corrected chi connectivity index (χ2v) is 3.48. The summed E-state index contributed by atoms with van der Waals surface area (Å²) in [7, 11) is 0. The summed E-state index contributed by atoms with van der Waals surface area (Å²) in [5.74, 6) is 0.833. The Balaban J connectivity index is -0.0000000887. The van der Waals surface area contributed by atoms with Crippen molar-refractivity contribution < 1.29 is 9.47 Å². The molecule has 110 valence electrons. The fourth-order valence-electron chi connectivity index (χ4n) is 0.656. The minimum absolute atomic E-state index is 0.0139. The molecule has 0 radical (unpaired) electrons. The van der Waals surface area contributed by atoms with E-state index in [0.29, 0.717) is 0 Å². The van der Waals surface area contributed by atoms with Crippen molar-refractivity contribution in [2.45, 2.75) is 81.9 Å². The molecule has 2 heteroatoms. The minimum atomic E-state index is 0.0139. The Bertz CT molecular complexity index is 74.2. The van der Waals surface area contributed by atoms with Crippen molar-refractivity contribution in [1.29, 1.82) is 0 Å². The van der Waals surface area contributed by atoms with Crippen LogP contribution in [0, 0.1) is 5.92 Å². The third kappa shape index (κ3) is 49.2. The third-order valence-corrected chi connectivity index (χ3v) is 1.04. The summed E-state index contributed by atoms with van der Waals surface area (Å²) in [5, 5.41) is 0. The number of hydrogen-bond acceptors (Lipinski definition) is 2. The molecule has 0 saturated carbocycles. The Hall–Kier alpha value is -0.0800. The molecule has 0 atom stereocenters. The van der Waals surface area contributed by atoms with E-state index in [1.54, 1.807) is 0 Å². The van der Waals surface area contributed by atoms with E-state index in [1.807, 2.05) is 41.5 Å². The van der Waals surface area contributed by atoms with Gasteiger partial charge in [0, 0.05) is 13.2 Å². The normalized spacial score (nSPS) is 8.47. The Morgan fingerprint density at radius 2 is 0.941 bits per heavy atom. The molecule has 0 aliphatic heterocycles. The molecule has 0 rings (SSSR count). The topological polar surface area (TPSA) is 18.5 Å². The van der Waals surface area contributed by atoms with E-state index in [-0.39, 0.29) is 6.29 Å². The van der Waals surface area contributed by atoms with Crippen LogP contribution in [0.4, 0.5) is 0 Å². The smallest absolute Gasteiger partial charge is 0.157 e. The second-order valence-electron chi connectivity index (χ2n) is 3.48. The van der Waals surface area contributed by atoms with Crippen molar-refractivity contribution in [3.05, 3.63) is 0 Å². The lowest BCUT2D eigenvalue weighted by atomic mass is 10.3. The van der Waals surface area contributed by atoms with E-state index >= 15 is 0 Å². The fraction of sp³-hybridized carbons (Fsp3) is 1.00. The van der Waals surface area contributed by atoms with Crippen molar-refractivity contribution >= 4 is 0 Å². The number of rotatable bonds is 5. The van der Waals surface area contributed by atoms with Gasteiger partial charge in [0.15, 0.2) is 6.29 Å². The van der Waals surface area contributed by atoms with Crippen LogP contribution < -0.4 is 0 Å². The van der Waals surface area contributed by atoms with Crippen LogP contribution >= 0.6 is 0 Å². The van der Waals surface area contributed by atoms with Gasteiger partial charge in [-0.3, -0.25) is 0 Å². The molecule has 0 saturated heterocycles. The first-order valence-corrected chi connectivity index (χ1v) is 7.31. The first kappa shape index (κ1) is 25.7. The van der Waals surface area contributed by atoms with Gasteiger partial charge in [-0.2, -0.15) is 0 Å². The van der Waals surface area contributed by atoms with Crippen molar-refractivity contribution in [2.75, 3.05) is 13.2 Å². The molecule has 0 aromatic carbocycles. The Labute approximate surface area is 111 Å². The van der Waals surface area contributed by atoms with Crippen LogP contribution in [0.15, 0.2) is 0 Å². The van der Waals surface area contributed by atoms with Gasteiger partial charge >= 0.3 is 0 Å². The first-order valence-electron chi connectivity index (χ1n) is 7.31. The summed E-state index contributed by atoms with van der Waals surface area (Å²) >= 11 is 0. The van der Waals surface area contributed by atoms with Gasteiger partial charge in [-0.1, -0.05) is 55.4 Å². The Morgan fingerprint density at radius 3 is 1.06 bits per heavy atom. The lowest BCUT2D eigenvalue weighted by molar-refractivity contribution is -0.136. The molecule has 0 unspecified atom stereocenters. The Kier molecular flexibility index (Phi) is 44.9. The zero-order chi connectivity index (χ0) is 14.7. The summed E-state index contributed by atoms with van der Waals surface area (Å²) in [6.45, 7) is 22.0. The zero-order valence-corrected chi connectivity index (χ0v) is 14.1. The maximum Gasteiger partial charge on any atom is 0.157 e. The molecule has 17 heavy (non-hydrogen) atoms. The molecule has 2 nitrogen and oxygen atoms in total. The largest absolute Gasteiger partial charge is 0.353 e. The quantitative estimate of drug-likeness (QED) is 0.599. The monoisotopic (exact) mass is 250 g/mol. The van der Waals surface area contributed by atoms with Crippen LogP contribution in [-0.2, 0) is 9.47 Å². The van der Waals surface area contributed by atoms with Gasteiger partial charge in [0.2, 0.25) is 0 Å². The van der Waals surface area contributed by atoms with Crippen molar-refractivity contribution in [3.8, 4) is 0 Å². The molecule has 0 bridgehead atoms. The second kappa shape index (κ2) is 29.7.